The average Bonchev–Trinajstić information content (AvgIpc) is 3.26. The van der Waals surface area contributed by atoms with Crippen LogP contribution < -0.4 is 5.32 Å². The lowest BCUT2D eigenvalue weighted by Gasteiger charge is -2.10. The molecule has 1 aliphatic carbocycles. The quantitative estimate of drug-likeness (QED) is 0.755. The molecule has 3 aromatic rings. The molecule has 0 aliphatic heterocycles. The minimum absolute atomic E-state index is 0.0190. The maximum absolute atomic E-state index is 12.6. The summed E-state index contributed by atoms with van der Waals surface area (Å²) in [4.78, 5) is 16.6. The van der Waals surface area contributed by atoms with Crippen molar-refractivity contribution in [3.63, 3.8) is 0 Å². The number of hydrogen-bond donors (Lipinski definition) is 1. The molecule has 0 saturated heterocycles. The van der Waals surface area contributed by atoms with Crippen LogP contribution in [0.4, 0.5) is 0 Å². The Hall–Kier alpha value is -2.95. The number of amides is 1. The van der Waals surface area contributed by atoms with Crippen LogP contribution in [0.5, 0.6) is 0 Å². The predicted molar refractivity (Wildman–Crippen MR) is 95.2 cm³/mol. The van der Waals surface area contributed by atoms with Gasteiger partial charge < -0.3 is 5.32 Å². The van der Waals surface area contributed by atoms with Crippen molar-refractivity contribution in [2.75, 3.05) is 6.54 Å². The highest BCUT2D eigenvalue weighted by atomic mass is 16.1. The number of rotatable bonds is 6. The molecule has 0 radical (unpaired) electrons. The summed E-state index contributed by atoms with van der Waals surface area (Å²) in [5.41, 5.74) is 3.02. The van der Waals surface area contributed by atoms with Crippen molar-refractivity contribution in [1.82, 2.24) is 20.1 Å². The van der Waals surface area contributed by atoms with E-state index in [9.17, 15) is 4.79 Å². The molecule has 1 heterocycles. The topological polar surface area (TPSA) is 59.8 Å². The Balaban J connectivity index is 1.37. The maximum Gasteiger partial charge on any atom is 0.251 e. The van der Waals surface area contributed by atoms with Gasteiger partial charge >= 0.3 is 0 Å². The van der Waals surface area contributed by atoms with E-state index in [4.69, 9.17) is 0 Å². The van der Waals surface area contributed by atoms with Gasteiger partial charge in [0.05, 0.1) is 6.54 Å². The van der Waals surface area contributed by atoms with E-state index in [-0.39, 0.29) is 5.91 Å². The molecule has 1 amide bonds. The molecule has 1 fully saturated rings. The number of aromatic nitrogens is 3. The summed E-state index contributed by atoms with van der Waals surface area (Å²) in [6.45, 7) is 1.26. The van der Waals surface area contributed by atoms with E-state index in [0.717, 1.165) is 18.5 Å². The molecule has 1 saturated carbocycles. The van der Waals surface area contributed by atoms with Crippen LogP contribution in [0.1, 0.15) is 33.8 Å². The monoisotopic (exact) mass is 332 g/mol. The Kier molecular flexibility index (Phi) is 4.29. The van der Waals surface area contributed by atoms with Gasteiger partial charge in [0, 0.05) is 12.1 Å². The lowest BCUT2D eigenvalue weighted by Crippen LogP contribution is -2.27. The molecule has 2 aromatic carbocycles. The van der Waals surface area contributed by atoms with Gasteiger partial charge in [0.15, 0.2) is 0 Å². The fourth-order valence-electron chi connectivity index (χ4n) is 3.27. The first-order valence-corrected chi connectivity index (χ1v) is 8.55. The fraction of sp³-hybridized carbons (Fsp3) is 0.250. The Morgan fingerprint density at radius 2 is 1.92 bits per heavy atom. The van der Waals surface area contributed by atoms with E-state index in [1.165, 1.54) is 11.9 Å². The fourth-order valence-corrected chi connectivity index (χ4v) is 3.27. The molecular formula is C20H20N4O. The maximum atomic E-state index is 12.6. The summed E-state index contributed by atoms with van der Waals surface area (Å²) in [6.07, 6.45) is 4.30. The predicted octanol–water partition coefficient (Wildman–Crippen LogP) is 2.86. The summed E-state index contributed by atoms with van der Waals surface area (Å²) in [6, 6.07) is 18.2. The van der Waals surface area contributed by atoms with Crippen LogP contribution in [0.15, 0.2) is 67.3 Å². The molecule has 5 heteroatoms. The van der Waals surface area contributed by atoms with Crippen LogP contribution >= 0.6 is 0 Å². The van der Waals surface area contributed by atoms with Gasteiger partial charge in [0.2, 0.25) is 0 Å². The Morgan fingerprint density at radius 3 is 2.72 bits per heavy atom. The molecule has 5 nitrogen and oxygen atoms in total. The number of nitrogens with zero attached hydrogens (tertiary/aromatic N) is 3. The largest absolute Gasteiger partial charge is 0.352 e. The third-order valence-corrected chi connectivity index (χ3v) is 4.74. The zero-order valence-corrected chi connectivity index (χ0v) is 13.9. The molecule has 0 bridgehead atoms. The second kappa shape index (κ2) is 6.89. The van der Waals surface area contributed by atoms with Crippen molar-refractivity contribution >= 4 is 5.91 Å². The van der Waals surface area contributed by atoms with E-state index in [1.54, 1.807) is 11.0 Å². The van der Waals surface area contributed by atoms with Crippen molar-refractivity contribution in [3.8, 4) is 0 Å². The van der Waals surface area contributed by atoms with Crippen molar-refractivity contribution in [1.29, 1.82) is 0 Å². The molecule has 1 N–H and O–H groups in total. The molecule has 2 atom stereocenters. The van der Waals surface area contributed by atoms with Gasteiger partial charge in [-0.25, -0.2) is 9.67 Å². The molecule has 25 heavy (non-hydrogen) atoms. The third-order valence-electron chi connectivity index (χ3n) is 4.74. The van der Waals surface area contributed by atoms with Gasteiger partial charge in [-0.1, -0.05) is 48.5 Å². The van der Waals surface area contributed by atoms with Crippen molar-refractivity contribution in [3.05, 3.63) is 83.9 Å². The summed E-state index contributed by atoms with van der Waals surface area (Å²) in [5.74, 6) is 1.09. The highest BCUT2D eigenvalue weighted by Gasteiger charge is 2.38. The first-order chi connectivity index (χ1) is 12.3. The minimum atomic E-state index is -0.0190. The van der Waals surface area contributed by atoms with Gasteiger partial charge in [-0.05, 0) is 35.4 Å². The van der Waals surface area contributed by atoms with Crippen LogP contribution in [0.25, 0.3) is 0 Å². The average molecular weight is 332 g/mol. The first kappa shape index (κ1) is 15.6. The third kappa shape index (κ3) is 3.60. The SMILES string of the molecule is O=C(NC[C@@H]1C[C@@H]1c1ccccc1)c1ccccc1Cn1cncn1. The van der Waals surface area contributed by atoms with Crippen LogP contribution in [0.3, 0.4) is 0 Å². The normalized spacial score (nSPS) is 18.7. The smallest absolute Gasteiger partial charge is 0.251 e. The molecule has 0 spiro atoms. The molecule has 126 valence electrons. The zero-order chi connectivity index (χ0) is 17.1. The second-order valence-electron chi connectivity index (χ2n) is 6.47. The summed E-state index contributed by atoms with van der Waals surface area (Å²) in [7, 11) is 0. The number of carbonyl (C=O) groups excluding carboxylic acids is 1. The van der Waals surface area contributed by atoms with E-state index in [0.29, 0.717) is 23.9 Å². The second-order valence-corrected chi connectivity index (χ2v) is 6.47. The molecule has 1 aliphatic rings. The van der Waals surface area contributed by atoms with Crippen molar-refractivity contribution < 1.29 is 4.79 Å². The van der Waals surface area contributed by atoms with Crippen molar-refractivity contribution in [2.45, 2.75) is 18.9 Å². The van der Waals surface area contributed by atoms with Gasteiger partial charge in [-0.2, -0.15) is 5.10 Å². The minimum Gasteiger partial charge on any atom is -0.352 e. The van der Waals surface area contributed by atoms with Gasteiger partial charge in [-0.3, -0.25) is 4.79 Å². The molecular weight excluding hydrogens is 312 g/mol. The number of nitrogens with one attached hydrogen (secondary N) is 1. The Labute approximate surface area is 146 Å². The van der Waals surface area contributed by atoms with Gasteiger partial charge in [0.1, 0.15) is 12.7 Å². The van der Waals surface area contributed by atoms with Gasteiger partial charge in [-0.15, -0.1) is 0 Å². The van der Waals surface area contributed by atoms with Crippen molar-refractivity contribution in [2.24, 2.45) is 5.92 Å². The number of benzene rings is 2. The number of hydrogen-bond acceptors (Lipinski definition) is 3. The lowest BCUT2D eigenvalue weighted by molar-refractivity contribution is 0.0950. The molecule has 1 aromatic heterocycles. The summed E-state index contributed by atoms with van der Waals surface area (Å²) in [5, 5.41) is 7.21. The number of carbonyl (C=O) groups is 1. The van der Waals surface area contributed by atoms with Gasteiger partial charge in [0.25, 0.3) is 5.91 Å². The molecule has 0 unspecified atom stereocenters. The summed E-state index contributed by atoms with van der Waals surface area (Å²) >= 11 is 0. The lowest BCUT2D eigenvalue weighted by atomic mass is 10.1. The Bertz CT molecular complexity index is 845. The van der Waals surface area contributed by atoms with E-state index in [2.05, 4.69) is 39.7 Å². The standard InChI is InChI=1S/C20H20N4O/c25-20(22-11-17-10-19(17)15-6-2-1-3-7-15)18-9-5-4-8-16(18)12-24-14-21-13-23-24/h1-9,13-14,17,19H,10-12H2,(H,22,25)/t17-,19+/m0/s1. The molecule has 4 rings (SSSR count). The van der Waals surface area contributed by atoms with Crippen LogP contribution in [-0.2, 0) is 6.54 Å². The Morgan fingerprint density at radius 1 is 1.12 bits per heavy atom. The highest BCUT2D eigenvalue weighted by Crippen LogP contribution is 2.46. The zero-order valence-electron chi connectivity index (χ0n) is 13.9. The highest BCUT2D eigenvalue weighted by molar-refractivity contribution is 5.95. The van der Waals surface area contributed by atoms with Crippen LogP contribution in [-0.4, -0.2) is 27.2 Å². The van der Waals surface area contributed by atoms with E-state index in [1.807, 2.05) is 30.3 Å². The van der Waals surface area contributed by atoms with E-state index >= 15 is 0 Å². The first-order valence-electron chi connectivity index (χ1n) is 8.55. The summed E-state index contributed by atoms with van der Waals surface area (Å²) < 4.78 is 1.72. The van der Waals surface area contributed by atoms with Crippen LogP contribution in [0.2, 0.25) is 0 Å². The van der Waals surface area contributed by atoms with Crippen LogP contribution in [0, 0.1) is 5.92 Å². The van der Waals surface area contributed by atoms with E-state index < -0.39 is 0 Å².